The number of carbonyl (C=O) groups is 2. The molecule has 1 aliphatic carbocycles. The maximum atomic E-state index is 12.6. The van der Waals surface area contributed by atoms with E-state index in [0.29, 0.717) is 21.4 Å². The van der Waals surface area contributed by atoms with E-state index < -0.39 is 5.54 Å². The molecule has 3 aromatic rings. The minimum atomic E-state index is -0.505. The van der Waals surface area contributed by atoms with E-state index >= 15 is 0 Å². The molecular weight excluding hydrogens is 398 g/mol. The number of carbonyl (C=O) groups excluding carboxylic acids is 2. The summed E-state index contributed by atoms with van der Waals surface area (Å²) in [4.78, 5) is 37.1. The van der Waals surface area contributed by atoms with Gasteiger partial charge in [-0.1, -0.05) is 11.6 Å². The van der Waals surface area contributed by atoms with Crippen molar-refractivity contribution in [3.63, 3.8) is 0 Å². The lowest BCUT2D eigenvalue weighted by atomic mass is 9.74. The third-order valence-electron chi connectivity index (χ3n) is 4.69. The molecular formula is C19H16ClN5O2S. The predicted molar refractivity (Wildman–Crippen MR) is 107 cm³/mol. The maximum Gasteiger partial charge on any atom is 0.284 e. The molecule has 0 bridgehead atoms. The first-order valence-corrected chi connectivity index (χ1v) is 9.93. The predicted octanol–water partition coefficient (Wildman–Crippen LogP) is 3.65. The lowest BCUT2D eigenvalue weighted by Gasteiger charge is -2.42. The lowest BCUT2D eigenvalue weighted by Crippen LogP contribution is -2.51. The van der Waals surface area contributed by atoms with Gasteiger partial charge in [-0.05, 0) is 43.5 Å². The fourth-order valence-corrected chi connectivity index (χ4v) is 3.69. The van der Waals surface area contributed by atoms with E-state index in [9.17, 15) is 9.59 Å². The number of halogens is 1. The Morgan fingerprint density at radius 3 is 2.46 bits per heavy atom. The van der Waals surface area contributed by atoms with Gasteiger partial charge >= 0.3 is 0 Å². The van der Waals surface area contributed by atoms with Gasteiger partial charge in [0.2, 0.25) is 0 Å². The topological polar surface area (TPSA) is 96.9 Å². The highest BCUT2D eigenvalue weighted by molar-refractivity contribution is 7.11. The van der Waals surface area contributed by atoms with E-state index in [1.807, 2.05) is 6.07 Å². The van der Waals surface area contributed by atoms with Crippen molar-refractivity contribution in [2.24, 2.45) is 0 Å². The van der Waals surface area contributed by atoms with Gasteiger partial charge in [0.05, 0.1) is 28.7 Å². The normalized spacial score (nSPS) is 14.8. The Hall–Kier alpha value is -2.84. The van der Waals surface area contributed by atoms with Crippen LogP contribution in [-0.4, -0.2) is 26.8 Å². The van der Waals surface area contributed by atoms with Gasteiger partial charge in [0, 0.05) is 17.8 Å². The molecule has 142 valence electrons. The molecule has 0 atom stereocenters. The van der Waals surface area contributed by atoms with E-state index in [1.54, 1.807) is 36.0 Å². The molecule has 0 radical (unpaired) electrons. The molecule has 2 amide bonds. The van der Waals surface area contributed by atoms with Crippen molar-refractivity contribution < 1.29 is 9.59 Å². The molecule has 1 aliphatic rings. The van der Waals surface area contributed by atoms with Gasteiger partial charge in [-0.25, -0.2) is 9.97 Å². The third-order valence-corrected chi connectivity index (χ3v) is 5.68. The molecule has 28 heavy (non-hydrogen) atoms. The summed E-state index contributed by atoms with van der Waals surface area (Å²) >= 11 is 7.05. The molecule has 3 heterocycles. The van der Waals surface area contributed by atoms with Gasteiger partial charge in [-0.2, -0.15) is 0 Å². The quantitative estimate of drug-likeness (QED) is 0.622. The minimum Gasteiger partial charge on any atom is -0.341 e. The van der Waals surface area contributed by atoms with Crippen molar-refractivity contribution >= 4 is 40.4 Å². The highest BCUT2D eigenvalue weighted by Crippen LogP contribution is 2.40. The van der Waals surface area contributed by atoms with E-state index in [-0.39, 0.29) is 11.8 Å². The number of anilines is 1. The van der Waals surface area contributed by atoms with E-state index in [1.165, 1.54) is 17.5 Å². The Morgan fingerprint density at radius 2 is 1.89 bits per heavy atom. The molecule has 2 N–H and O–H groups in total. The average Bonchev–Trinajstić information content (AvgIpc) is 3.21. The van der Waals surface area contributed by atoms with Gasteiger partial charge in [-0.15, -0.1) is 11.3 Å². The molecule has 0 spiro atoms. The largest absolute Gasteiger partial charge is 0.341 e. The maximum absolute atomic E-state index is 12.6. The Morgan fingerprint density at radius 1 is 1.04 bits per heavy atom. The molecule has 0 saturated heterocycles. The van der Waals surface area contributed by atoms with E-state index in [2.05, 4.69) is 25.6 Å². The summed E-state index contributed by atoms with van der Waals surface area (Å²) in [5.74, 6) is -0.488. The number of nitrogens with one attached hydrogen (secondary N) is 2. The summed E-state index contributed by atoms with van der Waals surface area (Å²) in [6, 6.07) is 6.84. The second-order valence-electron chi connectivity index (χ2n) is 6.48. The highest BCUT2D eigenvalue weighted by Gasteiger charge is 2.41. The fourth-order valence-electron chi connectivity index (χ4n) is 3.05. The Kier molecular flexibility index (Phi) is 5.06. The number of rotatable bonds is 5. The Bertz CT molecular complexity index is 986. The molecule has 1 fully saturated rings. The van der Waals surface area contributed by atoms with Crippen LogP contribution in [0.5, 0.6) is 0 Å². The first-order chi connectivity index (χ1) is 13.6. The van der Waals surface area contributed by atoms with Crippen molar-refractivity contribution in [2.45, 2.75) is 24.8 Å². The molecule has 0 aliphatic heterocycles. The second kappa shape index (κ2) is 7.65. The van der Waals surface area contributed by atoms with Crippen molar-refractivity contribution in [3.05, 3.63) is 69.7 Å². The van der Waals surface area contributed by atoms with Crippen LogP contribution in [0.1, 0.15) is 45.1 Å². The van der Waals surface area contributed by atoms with Crippen LogP contribution in [0, 0.1) is 0 Å². The standard InChI is InChI=1S/C19H16ClN5O2S/c20-15-5-2-12(10-23-15)16(26)25-19(6-1-7-19)14-4-3-13(11-22-14)24-17(27)18-21-8-9-28-18/h2-5,8-11H,1,6-7H2,(H,24,27)(H,25,26). The van der Waals surface area contributed by atoms with Crippen LogP contribution in [0.3, 0.4) is 0 Å². The summed E-state index contributed by atoms with van der Waals surface area (Å²) in [5, 5.41) is 8.33. The van der Waals surface area contributed by atoms with Crippen molar-refractivity contribution in [1.82, 2.24) is 20.3 Å². The molecule has 1 saturated carbocycles. The van der Waals surface area contributed by atoms with Crippen LogP contribution < -0.4 is 10.6 Å². The van der Waals surface area contributed by atoms with Crippen LogP contribution >= 0.6 is 22.9 Å². The number of nitrogens with zero attached hydrogens (tertiary/aromatic N) is 3. The zero-order valence-electron chi connectivity index (χ0n) is 14.7. The molecule has 0 aromatic carbocycles. The van der Waals surface area contributed by atoms with Crippen LogP contribution in [-0.2, 0) is 5.54 Å². The molecule has 0 unspecified atom stereocenters. The number of hydrogen-bond donors (Lipinski definition) is 2. The van der Waals surface area contributed by atoms with Crippen molar-refractivity contribution in [1.29, 1.82) is 0 Å². The average molecular weight is 414 g/mol. The first-order valence-electron chi connectivity index (χ1n) is 8.67. The minimum absolute atomic E-state index is 0.216. The highest BCUT2D eigenvalue weighted by atomic mass is 35.5. The molecule has 7 nitrogen and oxygen atoms in total. The second-order valence-corrected chi connectivity index (χ2v) is 7.76. The first kappa shape index (κ1) is 18.5. The van der Waals surface area contributed by atoms with Crippen LogP contribution in [0.25, 0.3) is 0 Å². The summed E-state index contributed by atoms with van der Waals surface area (Å²) < 4.78 is 0. The van der Waals surface area contributed by atoms with E-state index in [0.717, 1.165) is 25.0 Å². The van der Waals surface area contributed by atoms with Gasteiger partial charge < -0.3 is 10.6 Å². The smallest absolute Gasteiger partial charge is 0.284 e. The lowest BCUT2D eigenvalue weighted by molar-refractivity contribution is 0.0816. The van der Waals surface area contributed by atoms with Gasteiger partial charge in [-0.3, -0.25) is 14.6 Å². The number of amides is 2. The summed E-state index contributed by atoms with van der Waals surface area (Å²) in [6.07, 6.45) is 7.24. The number of thiazole rings is 1. The van der Waals surface area contributed by atoms with Gasteiger partial charge in [0.25, 0.3) is 11.8 Å². The molecule has 9 heteroatoms. The van der Waals surface area contributed by atoms with E-state index in [4.69, 9.17) is 11.6 Å². The Labute approximate surface area is 170 Å². The zero-order valence-corrected chi connectivity index (χ0v) is 16.3. The summed E-state index contributed by atoms with van der Waals surface area (Å²) in [7, 11) is 0. The van der Waals surface area contributed by atoms with Crippen molar-refractivity contribution in [3.8, 4) is 0 Å². The zero-order chi connectivity index (χ0) is 19.6. The monoisotopic (exact) mass is 413 g/mol. The third kappa shape index (κ3) is 3.74. The Balaban J connectivity index is 1.47. The molecule has 4 rings (SSSR count). The number of aromatic nitrogens is 3. The van der Waals surface area contributed by atoms with Crippen LogP contribution in [0.4, 0.5) is 5.69 Å². The van der Waals surface area contributed by atoms with Gasteiger partial charge in [0.15, 0.2) is 5.01 Å². The number of pyridine rings is 2. The summed E-state index contributed by atoms with van der Waals surface area (Å²) in [5.41, 5.74) is 1.28. The van der Waals surface area contributed by atoms with Gasteiger partial charge in [0.1, 0.15) is 5.15 Å². The van der Waals surface area contributed by atoms with Crippen molar-refractivity contribution in [2.75, 3.05) is 5.32 Å². The fraction of sp³-hybridized carbons (Fsp3) is 0.211. The van der Waals surface area contributed by atoms with Crippen LogP contribution in [0.2, 0.25) is 5.15 Å². The molecule has 3 aromatic heterocycles. The SMILES string of the molecule is O=C(NC1(c2ccc(NC(=O)c3nccs3)cn2)CCC1)c1ccc(Cl)nc1. The summed E-state index contributed by atoms with van der Waals surface area (Å²) in [6.45, 7) is 0. The number of hydrogen-bond acceptors (Lipinski definition) is 6. The van der Waals surface area contributed by atoms with Crippen LogP contribution in [0.15, 0.2) is 48.2 Å².